The number of fused-ring (bicyclic) bond motifs is 1. The number of piperidine rings is 1. The minimum atomic E-state index is -0.307. The molecular formula is C23H25N3O2. The second-order valence-corrected chi connectivity index (χ2v) is 7.38. The van der Waals surface area contributed by atoms with E-state index in [2.05, 4.69) is 40.2 Å². The summed E-state index contributed by atoms with van der Waals surface area (Å²) in [6.07, 6.45) is 2.50. The van der Waals surface area contributed by atoms with Gasteiger partial charge in [-0.25, -0.2) is 0 Å². The third-order valence-electron chi connectivity index (χ3n) is 5.64. The standard InChI is InChI=1S/C23H25N3O2/c27-22-19-13-24-12-11-21(19)25-15-20(22)23(28)26-14-18(16-7-3-1-4-8-16)17-9-5-2-6-10-17/h1-10,15,18-19,21,24-25H,11-14H2,(H,26,28). The predicted molar refractivity (Wildman–Crippen MR) is 109 cm³/mol. The zero-order valence-electron chi connectivity index (χ0n) is 15.7. The van der Waals surface area contributed by atoms with E-state index in [1.165, 1.54) is 0 Å². The third-order valence-corrected chi connectivity index (χ3v) is 5.64. The molecule has 3 N–H and O–H groups in total. The van der Waals surface area contributed by atoms with Crippen LogP contribution in [0.2, 0.25) is 0 Å². The van der Waals surface area contributed by atoms with Crippen molar-refractivity contribution in [3.63, 3.8) is 0 Å². The van der Waals surface area contributed by atoms with Gasteiger partial charge in [-0.3, -0.25) is 9.59 Å². The average molecular weight is 375 g/mol. The van der Waals surface area contributed by atoms with Crippen LogP contribution in [0.5, 0.6) is 0 Å². The summed E-state index contributed by atoms with van der Waals surface area (Å²) in [5.41, 5.74) is 2.49. The van der Waals surface area contributed by atoms with E-state index in [0.717, 1.165) is 24.1 Å². The highest BCUT2D eigenvalue weighted by Crippen LogP contribution is 2.25. The van der Waals surface area contributed by atoms with Crippen molar-refractivity contribution < 1.29 is 9.59 Å². The normalized spacial score (nSPS) is 21.5. The molecule has 1 fully saturated rings. The Morgan fingerprint density at radius 2 is 1.68 bits per heavy atom. The molecule has 5 nitrogen and oxygen atoms in total. The molecule has 2 unspecified atom stereocenters. The summed E-state index contributed by atoms with van der Waals surface area (Å²) in [5, 5.41) is 9.48. The van der Waals surface area contributed by atoms with Gasteiger partial charge in [0.25, 0.3) is 5.91 Å². The highest BCUT2D eigenvalue weighted by atomic mass is 16.2. The number of carbonyl (C=O) groups is 2. The van der Waals surface area contributed by atoms with E-state index >= 15 is 0 Å². The molecule has 2 heterocycles. The molecule has 4 rings (SSSR count). The molecule has 0 spiro atoms. The fourth-order valence-corrected chi connectivity index (χ4v) is 4.06. The van der Waals surface area contributed by atoms with Gasteiger partial charge in [0, 0.05) is 31.2 Å². The van der Waals surface area contributed by atoms with E-state index < -0.39 is 0 Å². The lowest BCUT2D eigenvalue weighted by Gasteiger charge is -2.35. The van der Waals surface area contributed by atoms with Crippen molar-refractivity contribution in [2.45, 2.75) is 18.4 Å². The number of hydrogen-bond acceptors (Lipinski definition) is 4. The van der Waals surface area contributed by atoms with Crippen molar-refractivity contribution in [1.82, 2.24) is 16.0 Å². The Balaban J connectivity index is 1.49. The molecule has 2 aromatic carbocycles. The van der Waals surface area contributed by atoms with Gasteiger partial charge in [0.2, 0.25) is 0 Å². The van der Waals surface area contributed by atoms with Gasteiger partial charge in [-0.2, -0.15) is 0 Å². The zero-order chi connectivity index (χ0) is 19.3. The number of Topliss-reactive ketones (excluding diaryl/α,β-unsaturated/α-hetero) is 1. The van der Waals surface area contributed by atoms with E-state index in [0.29, 0.717) is 13.1 Å². The number of benzene rings is 2. The fraction of sp³-hybridized carbons (Fsp3) is 0.304. The maximum absolute atomic E-state index is 12.8. The first-order chi connectivity index (χ1) is 13.7. The monoisotopic (exact) mass is 375 g/mol. The Morgan fingerprint density at radius 1 is 1.04 bits per heavy atom. The molecule has 2 atom stereocenters. The Hall–Kier alpha value is -2.92. The van der Waals surface area contributed by atoms with Crippen LogP contribution in [0.4, 0.5) is 0 Å². The number of ketones is 1. The van der Waals surface area contributed by atoms with Gasteiger partial charge in [-0.1, -0.05) is 60.7 Å². The minimum absolute atomic E-state index is 0.0303. The molecule has 1 amide bonds. The number of nitrogens with one attached hydrogen (secondary N) is 3. The van der Waals surface area contributed by atoms with E-state index in [-0.39, 0.29) is 35.1 Å². The Kier molecular flexibility index (Phi) is 5.53. The predicted octanol–water partition coefficient (Wildman–Crippen LogP) is 1.97. The third kappa shape index (κ3) is 3.85. The SMILES string of the molecule is O=C(NCC(c1ccccc1)c1ccccc1)C1=CNC2CCNCC2C1=O. The molecule has 0 aliphatic carbocycles. The summed E-state index contributed by atoms with van der Waals surface area (Å²) in [7, 11) is 0. The molecule has 2 aliphatic heterocycles. The van der Waals surface area contributed by atoms with Crippen molar-refractivity contribution in [2.24, 2.45) is 5.92 Å². The summed E-state index contributed by atoms with van der Waals surface area (Å²) in [4.78, 5) is 25.6. The van der Waals surface area contributed by atoms with Crippen molar-refractivity contribution >= 4 is 11.7 Å². The average Bonchev–Trinajstić information content (AvgIpc) is 2.76. The largest absolute Gasteiger partial charge is 0.387 e. The van der Waals surface area contributed by atoms with Crippen LogP contribution in [-0.4, -0.2) is 37.4 Å². The van der Waals surface area contributed by atoms with Crippen molar-refractivity contribution in [2.75, 3.05) is 19.6 Å². The van der Waals surface area contributed by atoms with Crippen LogP contribution in [0.15, 0.2) is 72.4 Å². The summed E-state index contributed by atoms with van der Waals surface area (Å²) >= 11 is 0. The second-order valence-electron chi connectivity index (χ2n) is 7.38. The number of hydrogen-bond donors (Lipinski definition) is 3. The Bertz CT molecular complexity index is 824. The van der Waals surface area contributed by atoms with E-state index in [1.807, 2.05) is 36.4 Å². The van der Waals surface area contributed by atoms with Crippen molar-refractivity contribution in [1.29, 1.82) is 0 Å². The lowest BCUT2D eigenvalue weighted by atomic mass is 9.84. The second kappa shape index (κ2) is 8.40. The highest BCUT2D eigenvalue weighted by molar-refractivity contribution is 6.20. The smallest absolute Gasteiger partial charge is 0.256 e. The Morgan fingerprint density at radius 3 is 2.32 bits per heavy atom. The van der Waals surface area contributed by atoms with Gasteiger partial charge < -0.3 is 16.0 Å². The molecule has 0 saturated carbocycles. The van der Waals surface area contributed by atoms with Gasteiger partial charge in [-0.05, 0) is 24.1 Å². The molecule has 1 saturated heterocycles. The summed E-state index contributed by atoms with van der Waals surface area (Å²) in [6, 6.07) is 20.4. The van der Waals surface area contributed by atoms with Crippen LogP contribution < -0.4 is 16.0 Å². The van der Waals surface area contributed by atoms with Crippen LogP contribution >= 0.6 is 0 Å². The van der Waals surface area contributed by atoms with Crippen molar-refractivity contribution in [3.8, 4) is 0 Å². The fourth-order valence-electron chi connectivity index (χ4n) is 4.06. The van der Waals surface area contributed by atoms with Crippen LogP contribution in [0.1, 0.15) is 23.5 Å². The van der Waals surface area contributed by atoms with E-state index in [1.54, 1.807) is 6.20 Å². The first-order valence-electron chi connectivity index (χ1n) is 9.83. The first-order valence-corrected chi connectivity index (χ1v) is 9.83. The number of carbonyl (C=O) groups excluding carboxylic acids is 2. The van der Waals surface area contributed by atoms with Gasteiger partial charge in [0.1, 0.15) is 0 Å². The van der Waals surface area contributed by atoms with Gasteiger partial charge in [-0.15, -0.1) is 0 Å². The van der Waals surface area contributed by atoms with Gasteiger partial charge in [0.15, 0.2) is 5.78 Å². The molecule has 28 heavy (non-hydrogen) atoms. The maximum Gasteiger partial charge on any atom is 0.256 e. The van der Waals surface area contributed by atoms with E-state index in [9.17, 15) is 9.59 Å². The van der Waals surface area contributed by atoms with Crippen LogP contribution in [0, 0.1) is 5.92 Å². The topological polar surface area (TPSA) is 70.2 Å². The lowest BCUT2D eigenvalue weighted by Crippen LogP contribution is -2.53. The van der Waals surface area contributed by atoms with Crippen LogP contribution in [0.25, 0.3) is 0 Å². The van der Waals surface area contributed by atoms with E-state index in [4.69, 9.17) is 0 Å². The summed E-state index contributed by atoms with van der Waals surface area (Å²) in [6.45, 7) is 1.95. The summed E-state index contributed by atoms with van der Waals surface area (Å²) < 4.78 is 0. The quantitative estimate of drug-likeness (QED) is 0.699. The van der Waals surface area contributed by atoms with Crippen molar-refractivity contribution in [3.05, 3.63) is 83.6 Å². The number of rotatable bonds is 5. The molecule has 0 bridgehead atoms. The van der Waals surface area contributed by atoms with Crippen LogP contribution in [-0.2, 0) is 9.59 Å². The zero-order valence-corrected chi connectivity index (χ0v) is 15.7. The molecule has 2 aromatic rings. The molecule has 5 heteroatoms. The first kappa shape index (κ1) is 18.4. The highest BCUT2D eigenvalue weighted by Gasteiger charge is 2.37. The summed E-state index contributed by atoms with van der Waals surface area (Å²) in [5.74, 6) is -0.510. The molecule has 144 valence electrons. The van der Waals surface area contributed by atoms with Gasteiger partial charge >= 0.3 is 0 Å². The maximum atomic E-state index is 12.8. The molecule has 0 radical (unpaired) electrons. The molecular weight excluding hydrogens is 350 g/mol. The molecule has 2 aliphatic rings. The van der Waals surface area contributed by atoms with Gasteiger partial charge in [0.05, 0.1) is 11.5 Å². The molecule has 0 aromatic heterocycles. The minimum Gasteiger partial charge on any atom is -0.387 e. The Labute approximate surface area is 165 Å². The lowest BCUT2D eigenvalue weighted by molar-refractivity contribution is -0.126. The number of amides is 1. The van der Waals surface area contributed by atoms with Crippen LogP contribution in [0.3, 0.4) is 0 Å².